The number of carbonyl (C=O) groups is 2. The number of benzene rings is 1. The number of nitrogens with zero attached hydrogens (tertiary/aromatic N) is 3. The SMILES string of the molecule is CC(C)(C)OC(=O)N1CCN(c2ccncc2)C(=O)C1Cc1ccccc1. The highest BCUT2D eigenvalue weighted by atomic mass is 16.6. The lowest BCUT2D eigenvalue weighted by Gasteiger charge is -2.41. The van der Waals surface area contributed by atoms with E-state index in [0.29, 0.717) is 19.5 Å². The molecule has 27 heavy (non-hydrogen) atoms. The van der Waals surface area contributed by atoms with Gasteiger partial charge in [-0.15, -0.1) is 0 Å². The number of anilines is 1. The number of piperazine rings is 1. The lowest BCUT2D eigenvalue weighted by Crippen LogP contribution is -2.60. The lowest BCUT2D eigenvalue weighted by atomic mass is 10.0. The van der Waals surface area contributed by atoms with Crippen LogP contribution in [0.2, 0.25) is 0 Å². The van der Waals surface area contributed by atoms with Crippen LogP contribution >= 0.6 is 0 Å². The summed E-state index contributed by atoms with van der Waals surface area (Å²) in [6.45, 7) is 6.32. The first-order valence-corrected chi connectivity index (χ1v) is 9.10. The van der Waals surface area contributed by atoms with Crippen LogP contribution in [0.4, 0.5) is 10.5 Å². The first-order chi connectivity index (χ1) is 12.8. The van der Waals surface area contributed by atoms with E-state index in [1.165, 1.54) is 0 Å². The van der Waals surface area contributed by atoms with Crippen LogP contribution in [0, 0.1) is 0 Å². The highest BCUT2D eigenvalue weighted by Crippen LogP contribution is 2.24. The fourth-order valence-corrected chi connectivity index (χ4v) is 3.14. The van der Waals surface area contributed by atoms with Crippen molar-refractivity contribution >= 4 is 17.7 Å². The third kappa shape index (κ3) is 4.64. The predicted octanol–water partition coefficient (Wildman–Crippen LogP) is 3.28. The van der Waals surface area contributed by atoms with Crippen molar-refractivity contribution in [2.24, 2.45) is 0 Å². The number of pyridine rings is 1. The minimum Gasteiger partial charge on any atom is -0.444 e. The maximum Gasteiger partial charge on any atom is 0.411 e. The molecule has 0 N–H and O–H groups in total. The molecule has 6 nitrogen and oxygen atoms in total. The van der Waals surface area contributed by atoms with E-state index in [4.69, 9.17) is 4.74 Å². The van der Waals surface area contributed by atoms with Crippen molar-refractivity contribution < 1.29 is 14.3 Å². The summed E-state index contributed by atoms with van der Waals surface area (Å²) in [6, 6.07) is 12.7. The standard InChI is InChI=1S/C21H25N3O3/c1-21(2,3)27-20(26)24-14-13-23(17-9-11-22-12-10-17)19(25)18(24)15-16-7-5-4-6-8-16/h4-12,18H,13-15H2,1-3H3. The molecule has 0 radical (unpaired) electrons. The molecule has 6 heteroatoms. The van der Waals surface area contributed by atoms with Crippen LogP contribution < -0.4 is 4.90 Å². The Bertz CT molecular complexity index is 787. The van der Waals surface area contributed by atoms with Gasteiger partial charge in [0.05, 0.1) is 0 Å². The summed E-state index contributed by atoms with van der Waals surface area (Å²) in [5.41, 5.74) is 1.18. The molecule has 1 fully saturated rings. The van der Waals surface area contributed by atoms with Crippen molar-refractivity contribution in [3.63, 3.8) is 0 Å². The van der Waals surface area contributed by atoms with Gasteiger partial charge in [0.2, 0.25) is 5.91 Å². The Labute approximate surface area is 159 Å². The van der Waals surface area contributed by atoms with Crippen LogP contribution in [-0.2, 0) is 16.0 Å². The quantitative estimate of drug-likeness (QED) is 0.835. The molecule has 1 aliphatic rings. The Kier molecular flexibility index (Phi) is 5.44. The van der Waals surface area contributed by atoms with Crippen LogP contribution in [0.3, 0.4) is 0 Å². The second-order valence-electron chi connectivity index (χ2n) is 7.57. The molecule has 0 saturated carbocycles. The average Bonchev–Trinajstić information content (AvgIpc) is 2.63. The van der Waals surface area contributed by atoms with Crippen LogP contribution in [0.5, 0.6) is 0 Å². The molecule has 1 atom stereocenters. The molecule has 0 bridgehead atoms. The molecule has 1 aromatic heterocycles. The smallest absolute Gasteiger partial charge is 0.411 e. The maximum atomic E-state index is 13.3. The summed E-state index contributed by atoms with van der Waals surface area (Å²) in [7, 11) is 0. The van der Waals surface area contributed by atoms with Gasteiger partial charge in [-0.05, 0) is 38.5 Å². The lowest BCUT2D eigenvalue weighted by molar-refractivity contribution is -0.125. The van der Waals surface area contributed by atoms with Crippen LogP contribution in [-0.4, -0.2) is 46.6 Å². The predicted molar refractivity (Wildman–Crippen MR) is 103 cm³/mol. The van der Waals surface area contributed by atoms with Crippen molar-refractivity contribution in [2.75, 3.05) is 18.0 Å². The largest absolute Gasteiger partial charge is 0.444 e. The van der Waals surface area contributed by atoms with Crippen molar-refractivity contribution in [1.82, 2.24) is 9.88 Å². The Balaban J connectivity index is 1.87. The molecule has 2 amide bonds. The number of hydrogen-bond donors (Lipinski definition) is 0. The summed E-state index contributed by atoms with van der Waals surface area (Å²) in [5.74, 6) is -0.109. The van der Waals surface area contributed by atoms with Crippen LogP contribution in [0.25, 0.3) is 0 Å². The van der Waals surface area contributed by atoms with Crippen LogP contribution in [0.15, 0.2) is 54.9 Å². The van der Waals surface area contributed by atoms with Crippen molar-refractivity contribution in [3.05, 3.63) is 60.4 Å². The van der Waals surface area contributed by atoms with Gasteiger partial charge in [-0.2, -0.15) is 0 Å². The molecule has 1 aromatic carbocycles. The van der Waals surface area contributed by atoms with Crippen LogP contribution in [0.1, 0.15) is 26.3 Å². The Morgan fingerprint density at radius 2 is 1.78 bits per heavy atom. The molecule has 0 spiro atoms. The molecule has 1 unspecified atom stereocenters. The Hall–Kier alpha value is -2.89. The van der Waals surface area contributed by atoms with E-state index < -0.39 is 17.7 Å². The minimum atomic E-state index is -0.611. The molecule has 1 saturated heterocycles. The van der Waals surface area contributed by atoms with Gasteiger partial charge >= 0.3 is 6.09 Å². The van der Waals surface area contributed by atoms with Gasteiger partial charge in [0.1, 0.15) is 11.6 Å². The third-order valence-corrected chi connectivity index (χ3v) is 4.37. The van der Waals surface area contributed by atoms with E-state index in [1.807, 2.05) is 51.1 Å². The van der Waals surface area contributed by atoms with E-state index in [-0.39, 0.29) is 5.91 Å². The molecule has 2 heterocycles. The fourth-order valence-electron chi connectivity index (χ4n) is 3.14. The number of amides is 2. The Morgan fingerprint density at radius 1 is 1.11 bits per heavy atom. The molecule has 142 valence electrons. The van der Waals surface area contributed by atoms with Gasteiger partial charge in [0, 0.05) is 37.6 Å². The molecule has 0 aliphatic carbocycles. The van der Waals surface area contributed by atoms with Crippen molar-refractivity contribution in [2.45, 2.75) is 38.8 Å². The van der Waals surface area contributed by atoms with E-state index in [2.05, 4.69) is 4.98 Å². The monoisotopic (exact) mass is 367 g/mol. The second-order valence-corrected chi connectivity index (χ2v) is 7.57. The number of ether oxygens (including phenoxy) is 1. The van der Waals surface area contributed by atoms with Gasteiger partial charge in [0.15, 0.2) is 0 Å². The normalized spacial score (nSPS) is 17.7. The summed E-state index contributed by atoms with van der Waals surface area (Å²) in [6.07, 6.45) is 3.32. The molecule has 2 aromatic rings. The number of aromatic nitrogens is 1. The van der Waals surface area contributed by atoms with E-state index in [1.54, 1.807) is 34.3 Å². The maximum absolute atomic E-state index is 13.3. The van der Waals surface area contributed by atoms with Gasteiger partial charge < -0.3 is 9.64 Å². The van der Waals surface area contributed by atoms with Crippen molar-refractivity contribution in [1.29, 1.82) is 0 Å². The van der Waals surface area contributed by atoms with Gasteiger partial charge in [0.25, 0.3) is 0 Å². The highest BCUT2D eigenvalue weighted by Gasteiger charge is 2.39. The summed E-state index contributed by atoms with van der Waals surface area (Å²) in [5, 5.41) is 0. The zero-order valence-electron chi connectivity index (χ0n) is 16.0. The van der Waals surface area contributed by atoms with E-state index in [9.17, 15) is 9.59 Å². The number of carbonyl (C=O) groups excluding carboxylic acids is 2. The van der Waals surface area contributed by atoms with Gasteiger partial charge in [-0.1, -0.05) is 30.3 Å². The molecule has 1 aliphatic heterocycles. The average molecular weight is 367 g/mol. The highest BCUT2D eigenvalue weighted by molar-refractivity contribution is 6.00. The minimum absolute atomic E-state index is 0.109. The zero-order valence-corrected chi connectivity index (χ0v) is 16.0. The van der Waals surface area contributed by atoms with Gasteiger partial charge in [-0.25, -0.2) is 4.79 Å². The zero-order chi connectivity index (χ0) is 19.4. The topological polar surface area (TPSA) is 62.7 Å². The third-order valence-electron chi connectivity index (χ3n) is 4.37. The first kappa shape index (κ1) is 18.9. The summed E-state index contributed by atoms with van der Waals surface area (Å²) >= 11 is 0. The number of hydrogen-bond acceptors (Lipinski definition) is 4. The second kappa shape index (κ2) is 7.78. The number of rotatable bonds is 3. The van der Waals surface area contributed by atoms with E-state index >= 15 is 0 Å². The Morgan fingerprint density at radius 3 is 2.41 bits per heavy atom. The van der Waals surface area contributed by atoms with Gasteiger partial charge in [-0.3, -0.25) is 14.7 Å². The molecular weight excluding hydrogens is 342 g/mol. The van der Waals surface area contributed by atoms with Crippen molar-refractivity contribution in [3.8, 4) is 0 Å². The van der Waals surface area contributed by atoms with E-state index in [0.717, 1.165) is 11.3 Å². The fraction of sp³-hybridized carbons (Fsp3) is 0.381. The first-order valence-electron chi connectivity index (χ1n) is 9.10. The molecular formula is C21H25N3O3. The molecule has 3 rings (SSSR count). The summed E-state index contributed by atoms with van der Waals surface area (Å²) in [4.78, 5) is 33.3. The summed E-state index contributed by atoms with van der Waals surface area (Å²) < 4.78 is 5.54.